The van der Waals surface area contributed by atoms with Crippen molar-refractivity contribution in [3.63, 3.8) is 0 Å². The molecule has 0 spiro atoms. The molecule has 0 aromatic carbocycles. The van der Waals surface area contributed by atoms with Crippen LogP contribution < -0.4 is 0 Å². The molecule has 0 aliphatic heterocycles. The van der Waals surface area contributed by atoms with Gasteiger partial charge < -0.3 is 0 Å². The van der Waals surface area contributed by atoms with E-state index in [9.17, 15) is 4.79 Å². The first-order chi connectivity index (χ1) is 7.88. The molecule has 2 saturated carbocycles. The summed E-state index contributed by atoms with van der Waals surface area (Å²) in [5, 5.41) is 0. The van der Waals surface area contributed by atoms with Crippen LogP contribution in [0, 0.1) is 0 Å². The number of hydrogen-bond acceptors (Lipinski definition) is 3. The molecule has 3 rings (SSSR count). The van der Waals surface area contributed by atoms with Crippen molar-refractivity contribution in [3.05, 3.63) is 23.5 Å². The third kappa shape index (κ3) is 1.68. The Balaban J connectivity index is 1.97. The Kier molecular flexibility index (Phi) is 2.33. The van der Waals surface area contributed by atoms with Gasteiger partial charge in [0.15, 0.2) is 0 Å². The number of carbonyl (C=O) groups excluding carboxylic acids is 1. The second-order valence-electron chi connectivity index (χ2n) is 4.78. The molecule has 1 aromatic rings. The van der Waals surface area contributed by atoms with E-state index in [0.717, 1.165) is 11.4 Å². The Morgan fingerprint density at radius 3 is 2.62 bits per heavy atom. The molecule has 2 fully saturated rings. The van der Waals surface area contributed by atoms with E-state index in [2.05, 4.69) is 9.98 Å². The quantitative estimate of drug-likeness (QED) is 0.572. The van der Waals surface area contributed by atoms with Crippen LogP contribution in [-0.2, 0) is 4.79 Å². The van der Waals surface area contributed by atoms with E-state index in [1.807, 2.05) is 12.3 Å². The molecule has 0 saturated heterocycles. The van der Waals surface area contributed by atoms with Crippen LogP contribution in [0.5, 0.6) is 0 Å². The average molecular weight is 214 g/mol. The molecular weight excluding hydrogens is 200 g/mol. The van der Waals surface area contributed by atoms with Crippen molar-refractivity contribution in [2.24, 2.45) is 4.99 Å². The van der Waals surface area contributed by atoms with E-state index in [4.69, 9.17) is 0 Å². The lowest BCUT2D eigenvalue weighted by molar-refractivity contribution is 0.419. The minimum atomic E-state index is 0.530. The highest BCUT2D eigenvalue weighted by Crippen LogP contribution is 2.45. The van der Waals surface area contributed by atoms with Crippen molar-refractivity contribution >= 4 is 11.8 Å². The largest absolute Gasteiger partial charge is 0.258 e. The number of hydrogen-bond donors (Lipinski definition) is 0. The van der Waals surface area contributed by atoms with Gasteiger partial charge in [0.05, 0.1) is 11.4 Å². The van der Waals surface area contributed by atoms with E-state index in [-0.39, 0.29) is 0 Å². The van der Waals surface area contributed by atoms with Gasteiger partial charge in [-0.2, -0.15) is 4.99 Å². The fraction of sp³-hybridized carbons (Fsp3) is 0.538. The van der Waals surface area contributed by atoms with Crippen molar-refractivity contribution in [1.29, 1.82) is 0 Å². The Bertz CT molecular complexity index is 455. The minimum absolute atomic E-state index is 0.530. The van der Waals surface area contributed by atoms with E-state index in [1.165, 1.54) is 37.7 Å². The van der Waals surface area contributed by atoms with Gasteiger partial charge in [-0.25, -0.2) is 4.79 Å². The van der Waals surface area contributed by atoms with Gasteiger partial charge in [-0.05, 0) is 43.2 Å². The second kappa shape index (κ2) is 3.84. The first-order valence-corrected chi connectivity index (χ1v) is 5.96. The summed E-state index contributed by atoms with van der Waals surface area (Å²) in [6.07, 6.45) is 9.77. The van der Waals surface area contributed by atoms with Crippen LogP contribution in [0.15, 0.2) is 17.3 Å². The zero-order valence-corrected chi connectivity index (χ0v) is 9.15. The van der Waals surface area contributed by atoms with Gasteiger partial charge >= 0.3 is 0 Å². The number of isocyanates is 1. The third-order valence-corrected chi connectivity index (χ3v) is 3.63. The summed E-state index contributed by atoms with van der Waals surface area (Å²) in [6.45, 7) is 0. The van der Waals surface area contributed by atoms with Crippen LogP contribution in [0.2, 0.25) is 0 Å². The number of aliphatic imine (C=N–C) groups is 1. The third-order valence-electron chi connectivity index (χ3n) is 3.63. The Hall–Kier alpha value is -1.47. The van der Waals surface area contributed by atoms with E-state index >= 15 is 0 Å². The predicted octanol–water partition coefficient (Wildman–Crippen LogP) is 3.19. The molecule has 0 radical (unpaired) electrons. The molecule has 82 valence electrons. The number of nitrogens with zero attached hydrogens (tertiary/aromatic N) is 2. The molecule has 0 atom stereocenters. The smallest absolute Gasteiger partial charge is 0.240 e. The van der Waals surface area contributed by atoms with Crippen LogP contribution >= 0.6 is 0 Å². The summed E-state index contributed by atoms with van der Waals surface area (Å²) in [6, 6.07) is 2.04. The van der Waals surface area contributed by atoms with Gasteiger partial charge in [-0.1, -0.05) is 6.42 Å². The van der Waals surface area contributed by atoms with Crippen LogP contribution in [-0.4, -0.2) is 11.1 Å². The highest BCUT2D eigenvalue weighted by Gasteiger charge is 2.29. The van der Waals surface area contributed by atoms with Crippen molar-refractivity contribution in [3.8, 4) is 0 Å². The first-order valence-electron chi connectivity index (χ1n) is 5.96. The maximum atomic E-state index is 10.4. The van der Waals surface area contributed by atoms with Crippen LogP contribution in [0.25, 0.3) is 0 Å². The van der Waals surface area contributed by atoms with Gasteiger partial charge in [0, 0.05) is 12.1 Å². The van der Waals surface area contributed by atoms with Gasteiger partial charge in [-0.3, -0.25) is 4.98 Å². The van der Waals surface area contributed by atoms with Gasteiger partial charge in [0.1, 0.15) is 0 Å². The second-order valence-corrected chi connectivity index (χ2v) is 4.78. The number of rotatable bonds is 3. The number of pyridine rings is 1. The highest BCUT2D eigenvalue weighted by molar-refractivity contribution is 5.54. The Morgan fingerprint density at radius 2 is 2.06 bits per heavy atom. The van der Waals surface area contributed by atoms with Crippen molar-refractivity contribution in [1.82, 2.24) is 4.98 Å². The van der Waals surface area contributed by atoms with Gasteiger partial charge in [-0.15, -0.1) is 0 Å². The van der Waals surface area contributed by atoms with Crippen molar-refractivity contribution in [2.45, 2.75) is 43.9 Å². The summed E-state index contributed by atoms with van der Waals surface area (Å²) < 4.78 is 0. The molecule has 3 nitrogen and oxygen atoms in total. The molecule has 2 aliphatic carbocycles. The lowest BCUT2D eigenvalue weighted by Gasteiger charge is -2.25. The summed E-state index contributed by atoms with van der Waals surface area (Å²) in [5.74, 6) is 1.17. The predicted molar refractivity (Wildman–Crippen MR) is 60.6 cm³/mol. The fourth-order valence-corrected chi connectivity index (χ4v) is 2.25. The molecule has 1 heterocycles. The zero-order valence-electron chi connectivity index (χ0n) is 9.15. The average Bonchev–Trinajstić information content (AvgIpc) is 2.99. The normalized spacial score (nSPS) is 20.0. The van der Waals surface area contributed by atoms with E-state index in [0.29, 0.717) is 11.8 Å². The van der Waals surface area contributed by atoms with Crippen molar-refractivity contribution < 1.29 is 4.79 Å². The lowest BCUT2D eigenvalue weighted by atomic mass is 9.80. The van der Waals surface area contributed by atoms with Crippen LogP contribution in [0.4, 0.5) is 5.69 Å². The van der Waals surface area contributed by atoms with Crippen LogP contribution in [0.1, 0.15) is 55.2 Å². The van der Waals surface area contributed by atoms with Crippen LogP contribution in [0.3, 0.4) is 0 Å². The monoisotopic (exact) mass is 214 g/mol. The van der Waals surface area contributed by atoms with E-state index < -0.39 is 0 Å². The van der Waals surface area contributed by atoms with Gasteiger partial charge in [0.25, 0.3) is 0 Å². The molecule has 16 heavy (non-hydrogen) atoms. The molecule has 0 unspecified atom stereocenters. The van der Waals surface area contributed by atoms with Crippen molar-refractivity contribution in [2.75, 3.05) is 0 Å². The molecule has 0 N–H and O–H groups in total. The Labute approximate surface area is 94.6 Å². The molecular formula is C13H14N2O. The molecule has 2 aliphatic rings. The molecule has 0 bridgehead atoms. The summed E-state index contributed by atoms with van der Waals surface area (Å²) >= 11 is 0. The summed E-state index contributed by atoms with van der Waals surface area (Å²) in [4.78, 5) is 18.7. The van der Waals surface area contributed by atoms with E-state index in [1.54, 1.807) is 6.08 Å². The standard InChI is InChI=1S/C13H14N2O/c16-8-15-12-6-11(9-2-1-3-9)7-14-13(12)10-4-5-10/h6-7,9-10H,1-5H2. The maximum Gasteiger partial charge on any atom is 0.240 e. The minimum Gasteiger partial charge on any atom is -0.258 e. The maximum absolute atomic E-state index is 10.4. The highest BCUT2D eigenvalue weighted by atomic mass is 16.1. The molecule has 1 aromatic heterocycles. The first kappa shape index (κ1) is 9.73. The zero-order chi connectivity index (χ0) is 11.0. The number of aromatic nitrogens is 1. The molecule has 0 amide bonds. The summed E-state index contributed by atoms with van der Waals surface area (Å²) in [5.41, 5.74) is 2.98. The fourth-order valence-electron chi connectivity index (χ4n) is 2.25. The van der Waals surface area contributed by atoms with Gasteiger partial charge in [0.2, 0.25) is 6.08 Å². The SMILES string of the molecule is O=C=Nc1cc(C2CCC2)cnc1C1CC1. The Morgan fingerprint density at radius 1 is 1.25 bits per heavy atom. The summed E-state index contributed by atoms with van der Waals surface area (Å²) in [7, 11) is 0. The lowest BCUT2D eigenvalue weighted by Crippen LogP contribution is -2.09. The topological polar surface area (TPSA) is 42.3 Å². The molecule has 3 heteroatoms.